The molecule has 1 fully saturated rings. The second-order valence-corrected chi connectivity index (χ2v) is 6.88. The van der Waals surface area contributed by atoms with Crippen LogP contribution in [0.4, 0.5) is 0 Å². The van der Waals surface area contributed by atoms with Crippen molar-refractivity contribution in [3.05, 3.63) is 90.1 Å². The molecule has 2 heterocycles. The summed E-state index contributed by atoms with van der Waals surface area (Å²) in [7, 11) is 0. The Morgan fingerprint density at radius 1 is 0.840 bits per heavy atom. The topological polar surface area (TPSA) is 16.1 Å². The van der Waals surface area contributed by atoms with Crippen molar-refractivity contribution in [1.82, 2.24) is 9.88 Å². The number of rotatable bonds is 4. The third kappa shape index (κ3) is 3.97. The number of nitrogens with zero attached hydrogens (tertiary/aromatic N) is 2. The van der Waals surface area contributed by atoms with Crippen molar-refractivity contribution in [2.75, 3.05) is 13.1 Å². The maximum absolute atomic E-state index is 4.54. The molecule has 0 aliphatic carbocycles. The highest BCUT2D eigenvalue weighted by atomic mass is 15.1. The average molecular weight is 328 g/mol. The first-order valence-electron chi connectivity index (χ1n) is 9.16. The molecule has 2 aromatic carbocycles. The lowest BCUT2D eigenvalue weighted by atomic mass is 9.89. The lowest BCUT2D eigenvalue weighted by Gasteiger charge is -2.32. The molecule has 2 nitrogen and oxygen atoms in total. The Morgan fingerprint density at radius 2 is 1.52 bits per heavy atom. The Kier molecular flexibility index (Phi) is 4.89. The zero-order chi connectivity index (χ0) is 16.9. The SMILES string of the molecule is c1ccc(-c2cc(CN3CCC(c4ccccc4)CC3)ccn2)cc1. The van der Waals surface area contributed by atoms with Crippen LogP contribution in [-0.2, 0) is 6.54 Å². The van der Waals surface area contributed by atoms with Gasteiger partial charge >= 0.3 is 0 Å². The molecule has 2 heteroatoms. The minimum absolute atomic E-state index is 0.717. The number of benzene rings is 2. The van der Waals surface area contributed by atoms with E-state index < -0.39 is 0 Å². The van der Waals surface area contributed by atoms with E-state index in [4.69, 9.17) is 0 Å². The first-order valence-corrected chi connectivity index (χ1v) is 9.16. The first-order chi connectivity index (χ1) is 12.4. The number of hydrogen-bond donors (Lipinski definition) is 0. The maximum Gasteiger partial charge on any atom is 0.0705 e. The third-order valence-corrected chi connectivity index (χ3v) is 5.16. The van der Waals surface area contributed by atoms with E-state index in [1.165, 1.54) is 42.6 Å². The first kappa shape index (κ1) is 16.0. The van der Waals surface area contributed by atoms with Crippen LogP contribution in [0.3, 0.4) is 0 Å². The van der Waals surface area contributed by atoms with Gasteiger partial charge in [-0.15, -0.1) is 0 Å². The molecule has 0 bridgehead atoms. The number of likely N-dealkylation sites (tertiary alicyclic amines) is 1. The Morgan fingerprint density at radius 3 is 2.24 bits per heavy atom. The normalized spacial score (nSPS) is 16.0. The summed E-state index contributed by atoms with van der Waals surface area (Å²) < 4.78 is 0. The minimum atomic E-state index is 0.717. The molecule has 0 atom stereocenters. The van der Waals surface area contributed by atoms with Gasteiger partial charge in [-0.2, -0.15) is 0 Å². The zero-order valence-electron chi connectivity index (χ0n) is 14.5. The predicted molar refractivity (Wildman–Crippen MR) is 103 cm³/mol. The van der Waals surface area contributed by atoms with Crippen LogP contribution in [0.5, 0.6) is 0 Å². The van der Waals surface area contributed by atoms with Gasteiger partial charge in [-0.3, -0.25) is 9.88 Å². The highest BCUT2D eigenvalue weighted by Crippen LogP contribution is 2.28. The van der Waals surface area contributed by atoms with Crippen molar-refractivity contribution in [1.29, 1.82) is 0 Å². The molecule has 4 rings (SSSR count). The van der Waals surface area contributed by atoms with Gasteiger partial charge in [0.1, 0.15) is 0 Å². The summed E-state index contributed by atoms with van der Waals surface area (Å²) in [6, 6.07) is 25.8. The molecule has 25 heavy (non-hydrogen) atoms. The molecule has 1 aliphatic rings. The molecule has 0 amide bonds. The fourth-order valence-electron chi connectivity index (χ4n) is 3.75. The van der Waals surface area contributed by atoms with E-state index in [9.17, 15) is 0 Å². The van der Waals surface area contributed by atoms with E-state index in [1.54, 1.807) is 0 Å². The Balaban J connectivity index is 1.39. The molecule has 126 valence electrons. The highest BCUT2D eigenvalue weighted by molar-refractivity contribution is 5.59. The molecule has 1 saturated heterocycles. The predicted octanol–water partition coefficient (Wildman–Crippen LogP) is 5.13. The summed E-state index contributed by atoms with van der Waals surface area (Å²) in [6.45, 7) is 3.36. The summed E-state index contributed by atoms with van der Waals surface area (Å²) in [6.07, 6.45) is 4.44. The Bertz CT molecular complexity index is 791. The Hall–Kier alpha value is -2.45. The summed E-state index contributed by atoms with van der Waals surface area (Å²) in [5, 5.41) is 0. The van der Waals surface area contributed by atoms with Gasteiger partial charge in [0.2, 0.25) is 0 Å². The number of hydrogen-bond acceptors (Lipinski definition) is 2. The van der Waals surface area contributed by atoms with Gasteiger partial charge in [0.25, 0.3) is 0 Å². The van der Waals surface area contributed by atoms with Gasteiger partial charge in [0, 0.05) is 18.3 Å². The van der Waals surface area contributed by atoms with Crippen molar-refractivity contribution in [3.63, 3.8) is 0 Å². The zero-order valence-corrected chi connectivity index (χ0v) is 14.5. The second kappa shape index (κ2) is 7.62. The van der Waals surface area contributed by atoms with Gasteiger partial charge in [-0.1, -0.05) is 60.7 Å². The van der Waals surface area contributed by atoms with Crippen LogP contribution in [-0.4, -0.2) is 23.0 Å². The van der Waals surface area contributed by atoms with Gasteiger partial charge in [0.15, 0.2) is 0 Å². The average Bonchev–Trinajstić information content (AvgIpc) is 2.70. The second-order valence-electron chi connectivity index (χ2n) is 6.88. The van der Waals surface area contributed by atoms with Crippen LogP contribution in [0.15, 0.2) is 79.0 Å². The van der Waals surface area contributed by atoms with Crippen LogP contribution in [0.1, 0.15) is 29.9 Å². The summed E-state index contributed by atoms with van der Waals surface area (Å²) in [5.41, 5.74) is 5.11. The van der Waals surface area contributed by atoms with Crippen molar-refractivity contribution in [2.45, 2.75) is 25.3 Å². The molecular formula is C23H24N2. The van der Waals surface area contributed by atoms with Crippen molar-refractivity contribution in [3.8, 4) is 11.3 Å². The molecule has 3 aromatic rings. The van der Waals surface area contributed by atoms with Crippen LogP contribution < -0.4 is 0 Å². The lowest BCUT2D eigenvalue weighted by molar-refractivity contribution is 0.204. The van der Waals surface area contributed by atoms with Gasteiger partial charge in [0.05, 0.1) is 5.69 Å². The molecule has 1 aliphatic heterocycles. The van der Waals surface area contributed by atoms with Gasteiger partial charge in [-0.05, 0) is 55.1 Å². The summed E-state index contributed by atoms with van der Waals surface area (Å²) in [5.74, 6) is 0.717. The van der Waals surface area contributed by atoms with Gasteiger partial charge < -0.3 is 0 Å². The smallest absolute Gasteiger partial charge is 0.0705 e. The molecule has 0 spiro atoms. The molecule has 0 unspecified atom stereocenters. The van der Waals surface area contributed by atoms with Crippen molar-refractivity contribution < 1.29 is 0 Å². The highest BCUT2D eigenvalue weighted by Gasteiger charge is 2.20. The number of pyridine rings is 1. The molecule has 0 radical (unpaired) electrons. The Labute approximate surface area is 150 Å². The largest absolute Gasteiger partial charge is 0.299 e. The fourth-order valence-corrected chi connectivity index (χ4v) is 3.75. The molecule has 0 saturated carbocycles. The standard InChI is InChI=1S/C23H24N2/c1-3-7-20(8-4-1)21-12-15-25(16-13-21)18-19-11-14-24-23(17-19)22-9-5-2-6-10-22/h1-11,14,17,21H,12-13,15-16,18H2. The fraction of sp³-hybridized carbons (Fsp3) is 0.261. The van der Waals surface area contributed by atoms with E-state index in [0.29, 0.717) is 0 Å². The maximum atomic E-state index is 4.54. The lowest BCUT2D eigenvalue weighted by Crippen LogP contribution is -2.32. The third-order valence-electron chi connectivity index (χ3n) is 5.16. The van der Waals surface area contributed by atoms with E-state index in [-0.39, 0.29) is 0 Å². The summed E-state index contributed by atoms with van der Waals surface area (Å²) >= 11 is 0. The van der Waals surface area contributed by atoms with E-state index >= 15 is 0 Å². The monoisotopic (exact) mass is 328 g/mol. The van der Waals surface area contributed by atoms with E-state index in [0.717, 1.165) is 18.2 Å². The van der Waals surface area contributed by atoms with Crippen molar-refractivity contribution >= 4 is 0 Å². The van der Waals surface area contributed by atoms with Crippen molar-refractivity contribution in [2.24, 2.45) is 0 Å². The van der Waals surface area contributed by atoms with Gasteiger partial charge in [-0.25, -0.2) is 0 Å². The quantitative estimate of drug-likeness (QED) is 0.660. The summed E-state index contributed by atoms with van der Waals surface area (Å²) in [4.78, 5) is 7.11. The molecule has 0 N–H and O–H groups in total. The number of piperidine rings is 1. The minimum Gasteiger partial charge on any atom is -0.299 e. The van der Waals surface area contributed by atoms with E-state index in [2.05, 4.69) is 76.6 Å². The molecule has 1 aromatic heterocycles. The van der Waals surface area contributed by atoms with Crippen LogP contribution >= 0.6 is 0 Å². The van der Waals surface area contributed by atoms with Crippen LogP contribution in [0.25, 0.3) is 11.3 Å². The van der Waals surface area contributed by atoms with E-state index in [1.807, 2.05) is 12.3 Å². The molecular weight excluding hydrogens is 304 g/mol. The number of aromatic nitrogens is 1. The van der Waals surface area contributed by atoms with Crippen LogP contribution in [0, 0.1) is 0 Å². The van der Waals surface area contributed by atoms with Crippen LogP contribution in [0.2, 0.25) is 0 Å².